The van der Waals surface area contributed by atoms with E-state index in [0.29, 0.717) is 11.0 Å². The molecule has 1 N–H and O–H groups in total. The SMILES string of the molecule is CCc1cc(C)cc(OCc2nnc(SCC(=O)Nc3cccc(C)c3C)n2-c2ccccc2)c1. The minimum Gasteiger partial charge on any atom is -0.486 e. The van der Waals surface area contributed by atoms with Crippen molar-refractivity contribution in [1.29, 1.82) is 0 Å². The third kappa shape index (κ3) is 6.11. The Morgan fingerprint density at radius 2 is 1.80 bits per heavy atom. The number of aromatic nitrogens is 3. The molecule has 0 radical (unpaired) electrons. The van der Waals surface area contributed by atoms with Crippen LogP contribution in [-0.4, -0.2) is 26.4 Å². The second-order valence-corrected chi connectivity index (χ2v) is 9.39. The van der Waals surface area contributed by atoms with Crippen LogP contribution in [0.1, 0.15) is 35.0 Å². The van der Waals surface area contributed by atoms with Crippen molar-refractivity contribution in [2.24, 2.45) is 0 Å². The molecule has 0 bridgehead atoms. The van der Waals surface area contributed by atoms with Crippen LogP contribution in [0.3, 0.4) is 0 Å². The number of carbonyl (C=O) groups excluding carboxylic acids is 1. The summed E-state index contributed by atoms with van der Waals surface area (Å²) in [5.41, 5.74) is 6.36. The highest BCUT2D eigenvalue weighted by molar-refractivity contribution is 7.99. The Hall–Kier alpha value is -3.58. The van der Waals surface area contributed by atoms with Crippen molar-refractivity contribution < 1.29 is 9.53 Å². The predicted octanol–water partition coefficient (Wildman–Crippen LogP) is 6.06. The number of nitrogens with zero attached hydrogens (tertiary/aromatic N) is 3. The molecule has 0 atom stereocenters. The van der Waals surface area contributed by atoms with Crippen LogP contribution in [0.2, 0.25) is 0 Å². The third-order valence-corrected chi connectivity index (χ3v) is 6.74. The van der Waals surface area contributed by atoms with Crippen molar-refractivity contribution in [3.63, 3.8) is 0 Å². The lowest BCUT2D eigenvalue weighted by atomic mass is 10.1. The molecule has 7 heteroatoms. The monoisotopic (exact) mass is 486 g/mol. The number of anilines is 1. The smallest absolute Gasteiger partial charge is 0.234 e. The third-order valence-electron chi connectivity index (χ3n) is 5.81. The van der Waals surface area contributed by atoms with Gasteiger partial charge in [-0.05, 0) is 79.8 Å². The molecular weight excluding hydrogens is 456 g/mol. The topological polar surface area (TPSA) is 69.0 Å². The number of hydrogen-bond donors (Lipinski definition) is 1. The van der Waals surface area contributed by atoms with Crippen LogP contribution in [0.25, 0.3) is 5.69 Å². The molecule has 0 fully saturated rings. The van der Waals surface area contributed by atoms with Gasteiger partial charge in [-0.15, -0.1) is 10.2 Å². The maximum Gasteiger partial charge on any atom is 0.234 e. The summed E-state index contributed by atoms with van der Waals surface area (Å²) in [6.07, 6.45) is 0.948. The number of para-hydroxylation sites is 1. The van der Waals surface area contributed by atoms with Crippen LogP contribution in [0.4, 0.5) is 5.69 Å². The average molecular weight is 487 g/mol. The first kappa shape index (κ1) is 24.5. The molecule has 0 saturated heterocycles. The van der Waals surface area contributed by atoms with Crippen molar-refractivity contribution in [1.82, 2.24) is 14.8 Å². The Morgan fingerprint density at radius 1 is 1.00 bits per heavy atom. The number of aryl methyl sites for hydroxylation is 3. The van der Waals surface area contributed by atoms with E-state index in [0.717, 1.165) is 40.2 Å². The van der Waals surface area contributed by atoms with E-state index in [1.165, 1.54) is 17.3 Å². The predicted molar refractivity (Wildman–Crippen MR) is 142 cm³/mol. The van der Waals surface area contributed by atoms with Crippen molar-refractivity contribution in [2.45, 2.75) is 45.9 Å². The Bertz CT molecular complexity index is 1320. The Morgan fingerprint density at radius 3 is 2.57 bits per heavy atom. The van der Waals surface area contributed by atoms with Gasteiger partial charge in [0.25, 0.3) is 0 Å². The van der Waals surface area contributed by atoms with Crippen LogP contribution in [-0.2, 0) is 17.8 Å². The highest BCUT2D eigenvalue weighted by Crippen LogP contribution is 2.25. The van der Waals surface area contributed by atoms with Crippen molar-refractivity contribution >= 4 is 23.4 Å². The molecule has 3 aromatic carbocycles. The van der Waals surface area contributed by atoms with Crippen molar-refractivity contribution in [3.8, 4) is 11.4 Å². The summed E-state index contributed by atoms with van der Waals surface area (Å²) >= 11 is 1.35. The van der Waals surface area contributed by atoms with E-state index in [4.69, 9.17) is 4.74 Å². The van der Waals surface area contributed by atoms with Gasteiger partial charge in [0.2, 0.25) is 5.91 Å². The standard InChI is InChI=1S/C28H30N4O2S/c1-5-22-14-19(2)15-24(16-22)34-17-26-30-31-28(32(26)23-11-7-6-8-12-23)35-18-27(33)29-25-13-9-10-20(3)21(25)4/h6-16H,5,17-18H2,1-4H3,(H,29,33). The van der Waals surface area contributed by atoms with E-state index in [2.05, 4.69) is 41.5 Å². The Labute approximate surface area is 210 Å². The van der Waals surface area contributed by atoms with Gasteiger partial charge in [-0.2, -0.15) is 0 Å². The van der Waals surface area contributed by atoms with Crippen molar-refractivity contribution in [3.05, 3.63) is 94.8 Å². The number of nitrogens with one attached hydrogen (secondary N) is 1. The molecule has 35 heavy (non-hydrogen) atoms. The fourth-order valence-corrected chi connectivity index (χ4v) is 4.56. The summed E-state index contributed by atoms with van der Waals surface area (Å²) in [7, 11) is 0. The lowest BCUT2D eigenvalue weighted by Crippen LogP contribution is -2.15. The van der Waals surface area contributed by atoms with Gasteiger partial charge < -0.3 is 10.1 Å². The van der Waals surface area contributed by atoms with E-state index in [9.17, 15) is 4.79 Å². The molecule has 4 aromatic rings. The highest BCUT2D eigenvalue weighted by atomic mass is 32.2. The molecule has 0 aliphatic carbocycles. The molecule has 4 rings (SSSR count). The second-order valence-electron chi connectivity index (χ2n) is 8.45. The van der Waals surface area contributed by atoms with Gasteiger partial charge in [0.1, 0.15) is 12.4 Å². The summed E-state index contributed by atoms with van der Waals surface area (Å²) < 4.78 is 8.06. The first-order chi connectivity index (χ1) is 16.9. The molecule has 1 aromatic heterocycles. The fraction of sp³-hybridized carbons (Fsp3) is 0.250. The van der Waals surface area contributed by atoms with Gasteiger partial charge in [-0.1, -0.05) is 55.1 Å². The Balaban J connectivity index is 1.51. The maximum atomic E-state index is 12.7. The zero-order valence-electron chi connectivity index (χ0n) is 20.5. The number of carbonyl (C=O) groups is 1. The number of hydrogen-bond acceptors (Lipinski definition) is 5. The van der Waals surface area contributed by atoms with Crippen LogP contribution >= 0.6 is 11.8 Å². The quantitative estimate of drug-likeness (QED) is 0.291. The number of thioether (sulfide) groups is 1. The van der Waals surface area contributed by atoms with E-state index in [1.54, 1.807) is 0 Å². The molecule has 1 amide bonds. The van der Waals surface area contributed by atoms with Gasteiger partial charge in [-0.3, -0.25) is 9.36 Å². The lowest BCUT2D eigenvalue weighted by Gasteiger charge is -2.13. The molecule has 0 unspecified atom stereocenters. The molecular formula is C28H30N4O2S. The molecule has 1 heterocycles. The van der Waals surface area contributed by atoms with E-state index in [-0.39, 0.29) is 18.3 Å². The summed E-state index contributed by atoms with van der Waals surface area (Å²) in [5.74, 6) is 1.62. The van der Waals surface area contributed by atoms with Gasteiger partial charge in [0.05, 0.1) is 5.75 Å². The summed E-state index contributed by atoms with van der Waals surface area (Å²) in [6, 6.07) is 22.0. The minimum absolute atomic E-state index is 0.0871. The number of rotatable bonds is 9. The van der Waals surface area contributed by atoms with Gasteiger partial charge in [-0.25, -0.2) is 0 Å². The minimum atomic E-state index is -0.0871. The normalized spacial score (nSPS) is 10.9. The first-order valence-electron chi connectivity index (χ1n) is 11.7. The highest BCUT2D eigenvalue weighted by Gasteiger charge is 2.17. The average Bonchev–Trinajstić information content (AvgIpc) is 3.27. The van der Waals surface area contributed by atoms with Gasteiger partial charge >= 0.3 is 0 Å². The van der Waals surface area contributed by atoms with Crippen LogP contribution in [0.15, 0.2) is 71.9 Å². The van der Waals surface area contributed by atoms with Gasteiger partial charge in [0, 0.05) is 11.4 Å². The Kier molecular flexibility index (Phi) is 7.87. The largest absolute Gasteiger partial charge is 0.486 e. The van der Waals surface area contributed by atoms with E-state index >= 15 is 0 Å². The first-order valence-corrected chi connectivity index (χ1v) is 12.6. The summed E-state index contributed by atoms with van der Waals surface area (Å²) in [4.78, 5) is 12.7. The number of amides is 1. The van der Waals surface area contributed by atoms with Gasteiger partial charge in [0.15, 0.2) is 11.0 Å². The van der Waals surface area contributed by atoms with Crippen LogP contribution in [0, 0.1) is 20.8 Å². The molecule has 0 aliphatic heterocycles. The fourth-order valence-electron chi connectivity index (χ4n) is 3.79. The van der Waals surface area contributed by atoms with E-state index < -0.39 is 0 Å². The molecule has 180 valence electrons. The zero-order valence-corrected chi connectivity index (χ0v) is 21.4. The van der Waals surface area contributed by atoms with E-state index in [1.807, 2.05) is 73.0 Å². The second kappa shape index (κ2) is 11.2. The van der Waals surface area contributed by atoms with Crippen LogP contribution < -0.4 is 10.1 Å². The van der Waals surface area contributed by atoms with Crippen molar-refractivity contribution in [2.75, 3.05) is 11.1 Å². The maximum absolute atomic E-state index is 12.7. The summed E-state index contributed by atoms with van der Waals surface area (Å²) in [5, 5.41) is 12.4. The number of ether oxygens (including phenoxy) is 1. The van der Waals surface area contributed by atoms with Crippen LogP contribution in [0.5, 0.6) is 5.75 Å². The number of benzene rings is 3. The zero-order chi connectivity index (χ0) is 24.8. The molecule has 0 aliphatic rings. The molecule has 6 nitrogen and oxygen atoms in total. The molecule has 0 spiro atoms. The lowest BCUT2D eigenvalue weighted by molar-refractivity contribution is -0.113. The molecule has 0 saturated carbocycles. The summed E-state index contributed by atoms with van der Waals surface area (Å²) in [6.45, 7) is 8.50.